The Bertz CT molecular complexity index is 242. The lowest BCUT2D eigenvalue weighted by atomic mass is 10.2. The predicted molar refractivity (Wildman–Crippen MR) is 44.1 cm³/mol. The van der Waals surface area contributed by atoms with E-state index in [2.05, 4.69) is 15.9 Å². The van der Waals surface area contributed by atoms with Crippen molar-refractivity contribution in [1.82, 2.24) is 0 Å². The molecule has 1 rings (SSSR count). The van der Waals surface area contributed by atoms with Gasteiger partial charge in [-0.3, -0.25) is 4.79 Å². The molecule has 0 unspecified atom stereocenters. The largest absolute Gasteiger partial charge is 0.399 e. The van der Waals surface area contributed by atoms with Gasteiger partial charge in [-0.1, -0.05) is 0 Å². The van der Waals surface area contributed by atoms with Crippen LogP contribution in [-0.4, -0.2) is 4.69 Å². The number of halogens is 1. The van der Waals surface area contributed by atoms with Gasteiger partial charge in [0.25, 0.3) is 0 Å². The molecule has 52 valence electrons. The van der Waals surface area contributed by atoms with E-state index in [0.717, 1.165) is 0 Å². The second kappa shape index (κ2) is 2.84. The minimum absolute atomic E-state index is 0.118. The van der Waals surface area contributed by atoms with E-state index < -0.39 is 0 Å². The number of hydrogen-bond acceptors (Lipinski definition) is 2. The molecule has 1 aromatic rings. The first-order valence-electron chi connectivity index (χ1n) is 2.75. The van der Waals surface area contributed by atoms with E-state index in [-0.39, 0.29) is 4.69 Å². The van der Waals surface area contributed by atoms with E-state index in [1.807, 2.05) is 0 Å². The van der Waals surface area contributed by atoms with Gasteiger partial charge in [-0.15, -0.1) is 0 Å². The van der Waals surface area contributed by atoms with Gasteiger partial charge in [0.05, 0.1) is 0 Å². The van der Waals surface area contributed by atoms with E-state index in [9.17, 15) is 4.79 Å². The van der Waals surface area contributed by atoms with Crippen LogP contribution >= 0.6 is 15.9 Å². The SMILES string of the molecule is Nc1ccc(C(=O)Br)cc1. The number of nitrogen functional groups attached to an aromatic ring is 1. The maximum atomic E-state index is 10.6. The third-order valence-electron chi connectivity index (χ3n) is 1.14. The zero-order valence-corrected chi connectivity index (χ0v) is 6.76. The molecule has 0 heterocycles. The summed E-state index contributed by atoms with van der Waals surface area (Å²) in [5, 5.41) is 0. The second-order valence-corrected chi connectivity index (χ2v) is 2.62. The summed E-state index contributed by atoms with van der Waals surface area (Å²) in [6, 6.07) is 6.72. The van der Waals surface area contributed by atoms with Gasteiger partial charge in [0.1, 0.15) is 0 Å². The molecule has 3 heteroatoms. The van der Waals surface area contributed by atoms with Gasteiger partial charge in [-0.25, -0.2) is 0 Å². The zero-order valence-electron chi connectivity index (χ0n) is 5.17. The first-order chi connectivity index (χ1) is 4.70. The minimum Gasteiger partial charge on any atom is -0.399 e. The van der Waals surface area contributed by atoms with Gasteiger partial charge in [0.2, 0.25) is 4.69 Å². The summed E-state index contributed by atoms with van der Waals surface area (Å²) in [7, 11) is 0. The molecule has 0 fully saturated rings. The van der Waals surface area contributed by atoms with Crippen molar-refractivity contribution in [3.8, 4) is 0 Å². The number of nitrogens with two attached hydrogens (primary N) is 1. The molecule has 2 N–H and O–H groups in total. The fourth-order valence-electron chi connectivity index (χ4n) is 0.614. The van der Waals surface area contributed by atoms with Gasteiger partial charge in [-0.2, -0.15) is 0 Å². The first-order valence-corrected chi connectivity index (χ1v) is 3.55. The maximum Gasteiger partial charge on any atom is 0.228 e. The third kappa shape index (κ3) is 1.57. The number of rotatable bonds is 1. The van der Waals surface area contributed by atoms with Crippen molar-refractivity contribution < 1.29 is 4.79 Å². The summed E-state index contributed by atoms with van der Waals surface area (Å²) in [5.41, 5.74) is 6.68. The Morgan fingerprint density at radius 1 is 1.30 bits per heavy atom. The van der Waals surface area contributed by atoms with Gasteiger partial charge < -0.3 is 5.73 Å². The van der Waals surface area contributed by atoms with E-state index in [0.29, 0.717) is 11.3 Å². The van der Waals surface area contributed by atoms with Crippen molar-refractivity contribution >= 4 is 26.3 Å². The monoisotopic (exact) mass is 199 g/mol. The average molecular weight is 200 g/mol. The summed E-state index contributed by atoms with van der Waals surface area (Å²) in [4.78, 5) is 10.6. The Balaban J connectivity index is 3.00. The molecule has 0 aromatic heterocycles. The molecule has 10 heavy (non-hydrogen) atoms. The average Bonchev–Trinajstić information content (AvgIpc) is 1.88. The van der Waals surface area contributed by atoms with Gasteiger partial charge >= 0.3 is 0 Å². The number of hydrogen-bond donors (Lipinski definition) is 1. The smallest absolute Gasteiger partial charge is 0.228 e. The van der Waals surface area contributed by atoms with E-state index >= 15 is 0 Å². The van der Waals surface area contributed by atoms with Gasteiger partial charge in [0.15, 0.2) is 0 Å². The molecule has 0 amide bonds. The summed E-state index contributed by atoms with van der Waals surface area (Å²) < 4.78 is -0.118. The molecule has 0 aliphatic rings. The van der Waals surface area contributed by atoms with E-state index in [1.54, 1.807) is 24.3 Å². The standard InChI is InChI=1S/C7H6BrNO/c8-7(10)5-1-3-6(9)4-2-5/h1-4H,9H2. The highest BCUT2D eigenvalue weighted by Crippen LogP contribution is 2.08. The Labute approximate surface area is 67.2 Å². The molecule has 0 spiro atoms. The topological polar surface area (TPSA) is 43.1 Å². The molecule has 0 aliphatic carbocycles. The van der Waals surface area contributed by atoms with Crippen molar-refractivity contribution in [2.24, 2.45) is 0 Å². The quantitative estimate of drug-likeness (QED) is 0.554. The number of anilines is 1. The molecule has 0 atom stereocenters. The van der Waals surface area contributed by atoms with Crippen LogP contribution in [0.1, 0.15) is 10.4 Å². The van der Waals surface area contributed by atoms with Crippen LogP contribution in [0, 0.1) is 0 Å². The maximum absolute atomic E-state index is 10.6. The normalized spacial score (nSPS) is 9.30. The lowest BCUT2D eigenvalue weighted by Gasteiger charge is -1.93. The lowest BCUT2D eigenvalue weighted by Crippen LogP contribution is -1.88. The predicted octanol–water partition coefficient (Wildman–Crippen LogP) is 1.80. The van der Waals surface area contributed by atoms with E-state index in [1.165, 1.54) is 0 Å². The molecule has 0 aliphatic heterocycles. The number of benzene rings is 1. The third-order valence-corrected chi connectivity index (χ3v) is 1.60. The highest BCUT2D eigenvalue weighted by molar-refractivity contribution is 9.18. The first kappa shape index (κ1) is 7.28. The van der Waals surface area contributed by atoms with Crippen LogP contribution in [0.15, 0.2) is 24.3 Å². The highest BCUT2D eigenvalue weighted by atomic mass is 79.9. The van der Waals surface area contributed by atoms with Crippen molar-refractivity contribution in [1.29, 1.82) is 0 Å². The Kier molecular flexibility index (Phi) is 2.06. The highest BCUT2D eigenvalue weighted by Gasteiger charge is 1.97. The van der Waals surface area contributed by atoms with Crippen LogP contribution < -0.4 is 5.73 Å². The molecule has 0 saturated carbocycles. The molecule has 0 bridgehead atoms. The zero-order chi connectivity index (χ0) is 7.56. The van der Waals surface area contributed by atoms with Crippen LogP contribution in [0.4, 0.5) is 5.69 Å². The summed E-state index contributed by atoms with van der Waals surface area (Å²) in [6.45, 7) is 0. The van der Waals surface area contributed by atoms with E-state index in [4.69, 9.17) is 5.73 Å². The summed E-state index contributed by atoms with van der Waals surface area (Å²) in [5.74, 6) is 0. The van der Waals surface area contributed by atoms with Crippen molar-refractivity contribution in [2.45, 2.75) is 0 Å². The molecular weight excluding hydrogens is 194 g/mol. The number of carbonyl (C=O) groups is 1. The van der Waals surface area contributed by atoms with Crippen LogP contribution in [0.2, 0.25) is 0 Å². The molecule has 0 saturated heterocycles. The van der Waals surface area contributed by atoms with Crippen LogP contribution in [0.5, 0.6) is 0 Å². The Morgan fingerprint density at radius 2 is 1.80 bits per heavy atom. The van der Waals surface area contributed by atoms with Gasteiger partial charge in [0, 0.05) is 11.3 Å². The number of carbonyl (C=O) groups excluding carboxylic acids is 1. The van der Waals surface area contributed by atoms with Crippen molar-refractivity contribution in [2.75, 3.05) is 5.73 Å². The minimum atomic E-state index is -0.118. The van der Waals surface area contributed by atoms with Gasteiger partial charge in [-0.05, 0) is 40.2 Å². The second-order valence-electron chi connectivity index (χ2n) is 1.90. The lowest BCUT2D eigenvalue weighted by molar-refractivity contribution is 0.109. The molecule has 1 aromatic carbocycles. The Hall–Kier alpha value is -0.830. The van der Waals surface area contributed by atoms with Crippen molar-refractivity contribution in [3.63, 3.8) is 0 Å². The molecule has 2 nitrogen and oxygen atoms in total. The summed E-state index contributed by atoms with van der Waals surface area (Å²) >= 11 is 2.83. The van der Waals surface area contributed by atoms with Crippen LogP contribution in [0.3, 0.4) is 0 Å². The van der Waals surface area contributed by atoms with Crippen molar-refractivity contribution in [3.05, 3.63) is 29.8 Å². The molecule has 0 radical (unpaired) electrons. The summed E-state index contributed by atoms with van der Waals surface area (Å²) in [6.07, 6.45) is 0. The Morgan fingerprint density at radius 3 is 2.20 bits per heavy atom. The fraction of sp³-hybridized carbons (Fsp3) is 0. The molecular formula is C7H6BrNO. The van der Waals surface area contributed by atoms with Crippen LogP contribution in [0.25, 0.3) is 0 Å². The fourth-order valence-corrected chi connectivity index (χ4v) is 0.878. The van der Waals surface area contributed by atoms with Crippen LogP contribution in [-0.2, 0) is 0 Å².